The van der Waals surface area contributed by atoms with Gasteiger partial charge in [-0.1, -0.05) is 23.8 Å². The van der Waals surface area contributed by atoms with Crippen molar-refractivity contribution >= 4 is 27.6 Å². The number of amides is 1. The maximum atomic E-state index is 12.3. The summed E-state index contributed by atoms with van der Waals surface area (Å²) in [5, 5.41) is 2.60. The summed E-state index contributed by atoms with van der Waals surface area (Å²) in [6.45, 7) is 4.47. The van der Waals surface area contributed by atoms with Crippen LogP contribution in [0.3, 0.4) is 0 Å². The van der Waals surface area contributed by atoms with Crippen molar-refractivity contribution in [2.45, 2.75) is 31.7 Å². The van der Waals surface area contributed by atoms with Crippen molar-refractivity contribution in [3.8, 4) is 5.75 Å². The highest BCUT2D eigenvalue weighted by atomic mass is 32.2. The van der Waals surface area contributed by atoms with Gasteiger partial charge in [-0.15, -0.1) is 0 Å². The average molecular weight is 420 g/mol. The summed E-state index contributed by atoms with van der Waals surface area (Å²) in [6.07, 6.45) is 0. The molecule has 2 rings (SSSR count). The first kappa shape index (κ1) is 22.4. The van der Waals surface area contributed by atoms with Gasteiger partial charge < -0.3 is 14.8 Å². The third-order valence-electron chi connectivity index (χ3n) is 3.99. The first-order valence-corrected chi connectivity index (χ1v) is 10.3. The second-order valence-corrected chi connectivity index (χ2v) is 8.23. The Morgan fingerprint density at radius 1 is 1.03 bits per heavy atom. The molecule has 8 nitrogen and oxygen atoms in total. The van der Waals surface area contributed by atoms with Gasteiger partial charge in [-0.05, 0) is 50.6 Å². The van der Waals surface area contributed by atoms with E-state index in [2.05, 4.69) is 10.0 Å². The van der Waals surface area contributed by atoms with Gasteiger partial charge in [0.2, 0.25) is 10.0 Å². The van der Waals surface area contributed by atoms with E-state index in [9.17, 15) is 18.0 Å². The van der Waals surface area contributed by atoms with Crippen molar-refractivity contribution in [2.75, 3.05) is 19.0 Å². The van der Waals surface area contributed by atoms with E-state index in [0.29, 0.717) is 11.4 Å². The zero-order valence-corrected chi connectivity index (χ0v) is 17.5. The number of hydrogen-bond donors (Lipinski definition) is 2. The largest absolute Gasteiger partial charge is 0.495 e. The third-order valence-corrected chi connectivity index (χ3v) is 5.55. The summed E-state index contributed by atoms with van der Waals surface area (Å²) in [7, 11) is -2.42. The molecule has 0 spiro atoms. The molecule has 2 aromatic rings. The van der Waals surface area contributed by atoms with Crippen molar-refractivity contribution in [2.24, 2.45) is 0 Å². The zero-order chi connectivity index (χ0) is 21.6. The van der Waals surface area contributed by atoms with E-state index in [1.54, 1.807) is 24.3 Å². The molecule has 0 aliphatic heterocycles. The molecule has 0 heterocycles. The van der Waals surface area contributed by atoms with Crippen LogP contribution in [0.25, 0.3) is 0 Å². The Morgan fingerprint density at radius 2 is 1.66 bits per heavy atom. The summed E-state index contributed by atoms with van der Waals surface area (Å²) in [5.74, 6) is -0.975. The molecule has 0 radical (unpaired) electrons. The van der Waals surface area contributed by atoms with E-state index < -0.39 is 34.5 Å². The Kier molecular flexibility index (Phi) is 7.35. The molecular formula is C20H24N2O6S. The van der Waals surface area contributed by atoms with Gasteiger partial charge in [0.15, 0.2) is 6.61 Å². The number of aryl methyl sites for hydroxylation is 2. The van der Waals surface area contributed by atoms with Crippen LogP contribution in [0.15, 0.2) is 47.4 Å². The monoisotopic (exact) mass is 420 g/mol. The molecule has 1 atom stereocenters. The summed E-state index contributed by atoms with van der Waals surface area (Å²) in [6, 6.07) is 10.3. The summed E-state index contributed by atoms with van der Waals surface area (Å²) in [5.41, 5.74) is 2.27. The van der Waals surface area contributed by atoms with Crippen molar-refractivity contribution in [1.29, 1.82) is 0 Å². The molecule has 0 bridgehead atoms. The number of nitrogens with one attached hydrogen (secondary N) is 2. The molecule has 2 aromatic carbocycles. The van der Waals surface area contributed by atoms with Crippen LogP contribution >= 0.6 is 0 Å². The van der Waals surface area contributed by atoms with Gasteiger partial charge in [0, 0.05) is 0 Å². The standard InChI is InChI=1S/C20H24N2O6S/c1-13-5-8-16(9-6-13)29(25,26)22-15(3)20(24)28-12-19(23)21-17-11-14(2)7-10-18(17)27-4/h5-11,15,22H,12H2,1-4H3,(H,21,23)/t15-/m0/s1. The highest BCUT2D eigenvalue weighted by Gasteiger charge is 2.23. The summed E-state index contributed by atoms with van der Waals surface area (Å²) >= 11 is 0. The normalized spacial score (nSPS) is 12.1. The Morgan fingerprint density at radius 3 is 2.28 bits per heavy atom. The minimum Gasteiger partial charge on any atom is -0.495 e. The Bertz CT molecular complexity index is 987. The Balaban J connectivity index is 1.92. The highest BCUT2D eigenvalue weighted by molar-refractivity contribution is 7.89. The number of hydrogen-bond acceptors (Lipinski definition) is 6. The predicted octanol–water partition coefficient (Wildman–Crippen LogP) is 2.16. The second-order valence-electron chi connectivity index (χ2n) is 6.52. The van der Waals surface area contributed by atoms with Gasteiger partial charge in [0.25, 0.3) is 5.91 Å². The molecule has 0 saturated carbocycles. The van der Waals surface area contributed by atoms with Gasteiger partial charge in [-0.3, -0.25) is 9.59 Å². The van der Waals surface area contributed by atoms with Crippen LogP contribution in [-0.4, -0.2) is 40.1 Å². The second kappa shape index (κ2) is 9.53. The lowest BCUT2D eigenvalue weighted by molar-refractivity contribution is -0.148. The van der Waals surface area contributed by atoms with Gasteiger partial charge in [0.05, 0.1) is 17.7 Å². The number of carbonyl (C=O) groups is 2. The molecular weight excluding hydrogens is 396 g/mol. The predicted molar refractivity (Wildman–Crippen MR) is 108 cm³/mol. The number of benzene rings is 2. The molecule has 9 heteroatoms. The first-order chi connectivity index (χ1) is 13.6. The van der Waals surface area contributed by atoms with Crippen LogP contribution in [-0.2, 0) is 24.3 Å². The lowest BCUT2D eigenvalue weighted by atomic mass is 10.2. The van der Waals surface area contributed by atoms with Gasteiger partial charge in [0.1, 0.15) is 11.8 Å². The minimum atomic E-state index is -3.89. The van der Waals surface area contributed by atoms with Crippen molar-refractivity contribution in [3.63, 3.8) is 0 Å². The van der Waals surface area contributed by atoms with E-state index in [0.717, 1.165) is 11.1 Å². The first-order valence-electron chi connectivity index (χ1n) is 8.82. The number of carbonyl (C=O) groups excluding carboxylic acids is 2. The fraction of sp³-hybridized carbons (Fsp3) is 0.300. The molecule has 1 amide bonds. The van der Waals surface area contributed by atoms with Crippen LogP contribution in [0.2, 0.25) is 0 Å². The Hall–Kier alpha value is -2.91. The quantitative estimate of drug-likeness (QED) is 0.633. The van der Waals surface area contributed by atoms with E-state index in [-0.39, 0.29) is 4.90 Å². The van der Waals surface area contributed by atoms with Crippen molar-refractivity contribution < 1.29 is 27.5 Å². The molecule has 29 heavy (non-hydrogen) atoms. The molecule has 2 N–H and O–H groups in total. The molecule has 0 fully saturated rings. The smallest absolute Gasteiger partial charge is 0.324 e. The van der Waals surface area contributed by atoms with Crippen LogP contribution in [0.5, 0.6) is 5.75 Å². The Labute approximate surface area is 170 Å². The summed E-state index contributed by atoms with van der Waals surface area (Å²) < 4.78 is 37.0. The molecule has 0 aliphatic rings. The van der Waals surface area contributed by atoms with Crippen LogP contribution < -0.4 is 14.8 Å². The third kappa shape index (κ3) is 6.30. The molecule has 0 unspecified atom stereocenters. The van der Waals surface area contributed by atoms with Gasteiger partial charge in [-0.25, -0.2) is 8.42 Å². The molecule has 0 aromatic heterocycles. The summed E-state index contributed by atoms with van der Waals surface area (Å²) in [4.78, 5) is 24.2. The van der Waals surface area contributed by atoms with Crippen molar-refractivity contribution in [3.05, 3.63) is 53.6 Å². The molecule has 156 valence electrons. The number of sulfonamides is 1. The zero-order valence-electron chi connectivity index (χ0n) is 16.7. The van der Waals surface area contributed by atoms with Crippen LogP contribution in [0, 0.1) is 13.8 Å². The maximum Gasteiger partial charge on any atom is 0.324 e. The van der Waals surface area contributed by atoms with E-state index in [4.69, 9.17) is 9.47 Å². The van der Waals surface area contributed by atoms with Gasteiger partial charge >= 0.3 is 5.97 Å². The number of rotatable bonds is 8. The fourth-order valence-electron chi connectivity index (χ4n) is 2.43. The van der Waals surface area contributed by atoms with Crippen molar-refractivity contribution in [1.82, 2.24) is 4.72 Å². The molecule has 0 aliphatic carbocycles. The maximum absolute atomic E-state index is 12.3. The van der Waals surface area contributed by atoms with Crippen LogP contribution in [0.1, 0.15) is 18.1 Å². The topological polar surface area (TPSA) is 111 Å². The SMILES string of the molecule is COc1ccc(C)cc1NC(=O)COC(=O)[C@H](C)NS(=O)(=O)c1ccc(C)cc1. The van der Waals surface area contributed by atoms with Gasteiger partial charge in [-0.2, -0.15) is 4.72 Å². The molecule has 0 saturated heterocycles. The average Bonchev–Trinajstić information content (AvgIpc) is 2.66. The lowest BCUT2D eigenvalue weighted by Gasteiger charge is -2.14. The number of anilines is 1. The minimum absolute atomic E-state index is 0.0343. The number of ether oxygens (including phenoxy) is 2. The lowest BCUT2D eigenvalue weighted by Crippen LogP contribution is -2.40. The van der Waals surface area contributed by atoms with Crippen LogP contribution in [0.4, 0.5) is 5.69 Å². The fourth-order valence-corrected chi connectivity index (χ4v) is 3.63. The highest BCUT2D eigenvalue weighted by Crippen LogP contribution is 2.25. The number of methoxy groups -OCH3 is 1. The number of esters is 1. The van der Waals surface area contributed by atoms with E-state index in [1.165, 1.54) is 26.2 Å². The van der Waals surface area contributed by atoms with E-state index in [1.807, 2.05) is 19.9 Å². The van der Waals surface area contributed by atoms with E-state index >= 15 is 0 Å².